The van der Waals surface area contributed by atoms with E-state index in [4.69, 9.17) is 40.5 Å². The first-order chi connectivity index (χ1) is 14.3. The van der Waals surface area contributed by atoms with Crippen molar-refractivity contribution in [1.82, 2.24) is 19.4 Å². The summed E-state index contributed by atoms with van der Waals surface area (Å²) in [5, 5.41) is 3.24. The van der Waals surface area contributed by atoms with Crippen molar-refractivity contribution in [3.05, 3.63) is 63.0 Å². The van der Waals surface area contributed by atoms with Crippen LogP contribution in [0.15, 0.2) is 36.5 Å². The zero-order valence-electron chi connectivity index (χ0n) is 17.4. The van der Waals surface area contributed by atoms with Gasteiger partial charge in [-0.2, -0.15) is 0 Å². The first-order valence-corrected chi connectivity index (χ1v) is 10.8. The van der Waals surface area contributed by atoms with Crippen molar-refractivity contribution in [2.45, 2.75) is 26.9 Å². The van der Waals surface area contributed by atoms with Crippen LogP contribution in [-0.4, -0.2) is 33.5 Å². The minimum absolute atomic E-state index is 0.140. The fourth-order valence-electron chi connectivity index (χ4n) is 3.54. The van der Waals surface area contributed by atoms with Gasteiger partial charge in [-0.1, -0.05) is 43.1 Å². The number of nitrogens with two attached hydrogens (primary N) is 1. The van der Waals surface area contributed by atoms with Crippen LogP contribution < -0.4 is 5.73 Å². The topological polar surface area (TPSA) is 60.0 Å². The fourth-order valence-corrected chi connectivity index (χ4v) is 4.24. The molecule has 0 saturated carbocycles. The summed E-state index contributed by atoms with van der Waals surface area (Å²) >= 11 is 18.8. The summed E-state index contributed by atoms with van der Waals surface area (Å²) < 4.78 is 2.13. The Labute approximate surface area is 191 Å². The molecule has 2 N–H and O–H groups in total. The molecule has 2 aromatic heterocycles. The van der Waals surface area contributed by atoms with Crippen molar-refractivity contribution < 1.29 is 0 Å². The lowest BCUT2D eigenvalue weighted by molar-refractivity contribution is 0.403. The van der Waals surface area contributed by atoms with E-state index < -0.39 is 0 Å². The highest BCUT2D eigenvalue weighted by Gasteiger charge is 2.17. The van der Waals surface area contributed by atoms with Gasteiger partial charge in [0.05, 0.1) is 17.4 Å². The number of halogens is 3. The van der Waals surface area contributed by atoms with Crippen molar-refractivity contribution in [1.29, 1.82) is 0 Å². The van der Waals surface area contributed by atoms with Gasteiger partial charge in [-0.25, -0.2) is 9.97 Å². The van der Waals surface area contributed by atoms with Crippen LogP contribution in [0, 0.1) is 0 Å². The van der Waals surface area contributed by atoms with E-state index in [-0.39, 0.29) is 5.28 Å². The molecule has 4 aromatic rings. The summed E-state index contributed by atoms with van der Waals surface area (Å²) in [4.78, 5) is 10.6. The summed E-state index contributed by atoms with van der Waals surface area (Å²) in [7, 11) is 4.05. The molecule has 0 spiro atoms. The van der Waals surface area contributed by atoms with Crippen LogP contribution >= 0.6 is 34.8 Å². The normalized spacial score (nSPS) is 11.2. The molecule has 0 amide bonds. The molecule has 0 unspecified atom stereocenters. The number of nitrogen functional groups attached to an aromatic ring is 1. The Kier molecular flexibility index (Phi) is 7.09. The second-order valence-corrected chi connectivity index (χ2v) is 8.10. The number of fused-ring (bicyclic) bond motifs is 3. The first kappa shape index (κ1) is 22.6. The van der Waals surface area contributed by atoms with E-state index in [0.717, 1.165) is 39.5 Å². The van der Waals surface area contributed by atoms with Gasteiger partial charge in [0, 0.05) is 39.3 Å². The molecular formula is C22H24Cl3N5. The SMILES string of the molecule is CC.CN(C)Cc1cn(Cc2c(Cl)cccc2Cl)c2ccc3nc(Cl)nc(N)c3c12. The van der Waals surface area contributed by atoms with Crippen molar-refractivity contribution >= 4 is 62.4 Å². The number of benzene rings is 2. The standard InChI is InChI=1S/C20H18Cl3N5.C2H6/c1-27(2)8-11-9-28(10-12-13(21)4-3-5-14(12)22)16-7-6-15-18(17(11)16)19(24)26-20(23)25-15;1-2/h3-7,9H,8,10H2,1-2H3,(H2,24,25,26);1-2H3. The molecule has 0 aliphatic rings. The van der Waals surface area contributed by atoms with E-state index >= 15 is 0 Å². The van der Waals surface area contributed by atoms with Gasteiger partial charge < -0.3 is 15.2 Å². The monoisotopic (exact) mass is 463 g/mol. The van der Waals surface area contributed by atoms with Crippen molar-refractivity contribution in [3.63, 3.8) is 0 Å². The van der Waals surface area contributed by atoms with Gasteiger partial charge in [0.1, 0.15) is 5.82 Å². The van der Waals surface area contributed by atoms with E-state index in [9.17, 15) is 0 Å². The van der Waals surface area contributed by atoms with Crippen LogP contribution in [0.4, 0.5) is 5.82 Å². The number of anilines is 1. The average Bonchev–Trinajstić information content (AvgIpc) is 3.02. The van der Waals surface area contributed by atoms with Gasteiger partial charge in [0.25, 0.3) is 0 Å². The van der Waals surface area contributed by atoms with Gasteiger partial charge in [0.2, 0.25) is 5.28 Å². The van der Waals surface area contributed by atoms with Crippen LogP contribution in [0.1, 0.15) is 25.0 Å². The molecule has 0 atom stereocenters. The Balaban J connectivity index is 0.00000124. The summed E-state index contributed by atoms with van der Waals surface area (Å²) in [5.41, 5.74) is 9.96. The van der Waals surface area contributed by atoms with E-state index in [2.05, 4.69) is 25.6 Å². The van der Waals surface area contributed by atoms with E-state index in [1.165, 1.54) is 0 Å². The molecule has 30 heavy (non-hydrogen) atoms. The fraction of sp³-hybridized carbons (Fsp3) is 0.273. The number of aromatic nitrogens is 3. The molecule has 0 saturated heterocycles. The second kappa shape index (κ2) is 9.40. The Morgan fingerprint density at radius 2 is 1.63 bits per heavy atom. The van der Waals surface area contributed by atoms with Crippen LogP contribution in [0.25, 0.3) is 21.8 Å². The predicted molar refractivity (Wildman–Crippen MR) is 129 cm³/mol. The molecule has 0 aliphatic heterocycles. The third kappa shape index (κ3) is 4.35. The zero-order valence-corrected chi connectivity index (χ0v) is 19.6. The molecule has 158 valence electrons. The molecule has 0 radical (unpaired) electrons. The smallest absolute Gasteiger partial charge is 0.224 e. The maximum Gasteiger partial charge on any atom is 0.224 e. The quantitative estimate of drug-likeness (QED) is 0.362. The number of rotatable bonds is 4. The zero-order chi connectivity index (χ0) is 22.0. The van der Waals surface area contributed by atoms with Crippen molar-refractivity contribution in [2.24, 2.45) is 0 Å². The molecular weight excluding hydrogens is 441 g/mol. The summed E-state index contributed by atoms with van der Waals surface area (Å²) in [6.45, 7) is 5.28. The van der Waals surface area contributed by atoms with Crippen molar-refractivity contribution in [2.75, 3.05) is 19.8 Å². The summed E-state index contributed by atoms with van der Waals surface area (Å²) in [5.74, 6) is 0.370. The molecule has 4 rings (SSSR count). The van der Waals surface area contributed by atoms with E-state index in [1.54, 1.807) is 0 Å². The number of nitrogens with zero attached hydrogens (tertiary/aromatic N) is 4. The number of hydrogen-bond acceptors (Lipinski definition) is 4. The molecule has 5 nitrogen and oxygen atoms in total. The molecule has 0 aliphatic carbocycles. The molecule has 8 heteroatoms. The first-order valence-electron chi connectivity index (χ1n) is 9.66. The van der Waals surface area contributed by atoms with Crippen LogP contribution in [0.5, 0.6) is 0 Å². The van der Waals surface area contributed by atoms with Crippen LogP contribution in [0.3, 0.4) is 0 Å². The highest BCUT2D eigenvalue weighted by atomic mass is 35.5. The Hall–Kier alpha value is -2.05. The highest BCUT2D eigenvalue weighted by Crippen LogP contribution is 2.35. The lowest BCUT2D eigenvalue weighted by Gasteiger charge is -2.10. The number of hydrogen-bond donors (Lipinski definition) is 1. The average molecular weight is 465 g/mol. The van der Waals surface area contributed by atoms with Gasteiger partial charge in [-0.3, -0.25) is 0 Å². The maximum atomic E-state index is 6.40. The predicted octanol–water partition coefficient (Wildman–Crippen LogP) is 6.26. The maximum absolute atomic E-state index is 6.40. The van der Waals surface area contributed by atoms with E-state index in [0.29, 0.717) is 22.4 Å². The Bertz CT molecular complexity index is 1180. The molecule has 2 aromatic carbocycles. The minimum atomic E-state index is 0.140. The van der Waals surface area contributed by atoms with Crippen LogP contribution in [-0.2, 0) is 13.1 Å². The largest absolute Gasteiger partial charge is 0.383 e. The Morgan fingerprint density at radius 1 is 0.967 bits per heavy atom. The highest BCUT2D eigenvalue weighted by molar-refractivity contribution is 6.36. The minimum Gasteiger partial charge on any atom is -0.383 e. The molecule has 0 bridgehead atoms. The second-order valence-electron chi connectivity index (χ2n) is 6.95. The lowest BCUT2D eigenvalue weighted by atomic mass is 10.1. The summed E-state index contributed by atoms with van der Waals surface area (Å²) in [6, 6.07) is 9.46. The Morgan fingerprint density at radius 3 is 2.27 bits per heavy atom. The summed E-state index contributed by atoms with van der Waals surface area (Å²) in [6.07, 6.45) is 2.11. The third-order valence-corrected chi connectivity index (χ3v) is 5.54. The van der Waals surface area contributed by atoms with Crippen LogP contribution in [0.2, 0.25) is 15.3 Å². The van der Waals surface area contributed by atoms with Gasteiger partial charge in [-0.15, -0.1) is 0 Å². The van der Waals surface area contributed by atoms with E-state index in [1.807, 2.05) is 58.3 Å². The van der Waals surface area contributed by atoms with Crippen molar-refractivity contribution in [3.8, 4) is 0 Å². The third-order valence-electron chi connectivity index (χ3n) is 4.66. The van der Waals surface area contributed by atoms with Gasteiger partial charge in [0.15, 0.2) is 0 Å². The molecule has 0 fully saturated rings. The molecule has 2 heterocycles. The lowest BCUT2D eigenvalue weighted by Crippen LogP contribution is -2.10. The van der Waals surface area contributed by atoms with Gasteiger partial charge in [-0.05, 0) is 55.5 Å². The van der Waals surface area contributed by atoms with Gasteiger partial charge >= 0.3 is 0 Å².